The van der Waals surface area contributed by atoms with Gasteiger partial charge in [0.05, 0.1) is 17.4 Å². The second-order valence-electron chi connectivity index (χ2n) is 5.69. The van der Waals surface area contributed by atoms with Gasteiger partial charge in [-0.15, -0.1) is 0 Å². The summed E-state index contributed by atoms with van der Waals surface area (Å²) in [5.41, 5.74) is 2.62. The van der Waals surface area contributed by atoms with Crippen LogP contribution in [0, 0.1) is 0 Å². The van der Waals surface area contributed by atoms with E-state index in [1.54, 1.807) is 30.3 Å². The Hall–Kier alpha value is -1.82. The summed E-state index contributed by atoms with van der Waals surface area (Å²) in [7, 11) is 0. The smallest absolute Gasteiger partial charge is 0.543 e. The Morgan fingerprint density at radius 2 is 1.75 bits per heavy atom. The third-order valence-electron chi connectivity index (χ3n) is 3.78. The summed E-state index contributed by atoms with van der Waals surface area (Å²) in [6, 6.07) is 17.4. The average Bonchev–Trinajstić information content (AvgIpc) is 2.67. The normalized spacial score (nSPS) is 10.1. The molecule has 4 nitrogen and oxygen atoms in total. The molecule has 0 bridgehead atoms. The Bertz CT molecular complexity index is 1020. The van der Waals surface area contributed by atoms with E-state index in [0.717, 1.165) is 16.7 Å². The number of carboxylic acids is 1. The van der Waals surface area contributed by atoms with Gasteiger partial charge in [-0.2, -0.15) is 0 Å². The van der Waals surface area contributed by atoms with Crippen molar-refractivity contribution in [3.63, 3.8) is 0 Å². The molecule has 28 heavy (non-hydrogen) atoms. The van der Waals surface area contributed by atoms with Crippen LogP contribution in [0.4, 0.5) is 0 Å². The molecule has 0 unspecified atom stereocenters. The number of nitrogens with zero attached hydrogens (tertiary/aromatic N) is 1. The molecule has 0 amide bonds. The van der Waals surface area contributed by atoms with Crippen LogP contribution in [-0.4, -0.2) is 17.6 Å². The number of hydrogen-bond acceptors (Lipinski definition) is 4. The molecule has 0 saturated heterocycles. The molecule has 3 aromatic rings. The predicted molar refractivity (Wildman–Crippen MR) is 105 cm³/mol. The molecule has 2 aromatic carbocycles. The van der Waals surface area contributed by atoms with Crippen molar-refractivity contribution in [2.75, 3.05) is 6.61 Å². The number of aromatic nitrogens is 1. The van der Waals surface area contributed by atoms with Gasteiger partial charge < -0.3 is 14.6 Å². The number of carbonyl (C=O) groups excluding carboxylic acids is 1. The first kappa shape index (κ1) is 22.5. The van der Waals surface area contributed by atoms with Crippen molar-refractivity contribution in [3.05, 3.63) is 83.0 Å². The molecule has 0 radical (unpaired) electrons. The fraction of sp³-hybridized carbons (Fsp3) is 0.0476. The number of rotatable bonds is 6. The van der Waals surface area contributed by atoms with E-state index in [9.17, 15) is 9.90 Å². The minimum absolute atomic E-state index is 0. The summed E-state index contributed by atoms with van der Waals surface area (Å²) in [5, 5.41) is 12.1. The van der Waals surface area contributed by atoms with Gasteiger partial charge in [-0.25, -0.2) is 4.98 Å². The second-order valence-corrected chi connectivity index (χ2v) is 6.66. The van der Waals surface area contributed by atoms with Gasteiger partial charge in [-0.3, -0.25) is 0 Å². The number of pyridine rings is 1. The van der Waals surface area contributed by atoms with Crippen LogP contribution in [0.15, 0.2) is 72.3 Å². The first-order valence-corrected chi connectivity index (χ1v) is 8.75. The van der Waals surface area contributed by atoms with Gasteiger partial charge in [-0.05, 0) is 35.9 Å². The predicted octanol–water partition coefficient (Wildman–Crippen LogP) is 1.57. The second kappa shape index (κ2) is 10.1. The maximum absolute atomic E-state index is 11.2. The molecule has 0 atom stereocenters. The van der Waals surface area contributed by atoms with Crippen molar-refractivity contribution in [3.8, 4) is 28.1 Å². The molecule has 136 valence electrons. The molecule has 0 aliphatic carbocycles. The zero-order valence-corrected chi connectivity index (χ0v) is 18.6. The maximum atomic E-state index is 11.2. The van der Waals surface area contributed by atoms with Crippen molar-refractivity contribution >= 4 is 29.2 Å². The third kappa shape index (κ3) is 5.37. The van der Waals surface area contributed by atoms with Crippen molar-refractivity contribution in [1.29, 1.82) is 0 Å². The standard InChI is InChI=1S/C21H15Cl2NO3.Na/c1-13(22)12-27-20-10-9-14(23)11-17(20)15-5-2-3-6-16(15)18-7-4-8-19(24-18)21(25)26;/h2-11H,1,12H2,(H,25,26);/q;+1/p-1. The number of carboxylic acid groups (broad SMARTS) is 1. The first-order chi connectivity index (χ1) is 13.0. The van der Waals surface area contributed by atoms with E-state index >= 15 is 0 Å². The van der Waals surface area contributed by atoms with E-state index in [4.69, 9.17) is 27.9 Å². The Morgan fingerprint density at radius 1 is 1.04 bits per heavy atom. The van der Waals surface area contributed by atoms with Crippen LogP contribution in [-0.2, 0) is 0 Å². The van der Waals surface area contributed by atoms with Gasteiger partial charge in [-0.1, -0.05) is 60.1 Å². The van der Waals surface area contributed by atoms with Crippen molar-refractivity contribution in [2.45, 2.75) is 0 Å². The van der Waals surface area contributed by atoms with Gasteiger partial charge >= 0.3 is 29.6 Å². The van der Waals surface area contributed by atoms with E-state index in [1.807, 2.05) is 24.3 Å². The Morgan fingerprint density at radius 3 is 2.43 bits per heavy atom. The molecule has 0 fully saturated rings. The Labute approximate surface area is 195 Å². The zero-order chi connectivity index (χ0) is 19.4. The van der Waals surface area contributed by atoms with Crippen LogP contribution in [0.25, 0.3) is 22.4 Å². The Balaban J connectivity index is 0.00000280. The number of hydrogen-bond donors (Lipinski definition) is 0. The van der Waals surface area contributed by atoms with Crippen LogP contribution < -0.4 is 39.4 Å². The van der Waals surface area contributed by atoms with Gasteiger partial charge in [0, 0.05) is 21.2 Å². The van der Waals surface area contributed by atoms with Crippen molar-refractivity contribution in [2.24, 2.45) is 0 Å². The topological polar surface area (TPSA) is 62.2 Å². The van der Waals surface area contributed by atoms with Crippen LogP contribution in [0.1, 0.15) is 10.5 Å². The minimum Gasteiger partial charge on any atom is -0.543 e. The maximum Gasteiger partial charge on any atom is 1.00 e. The summed E-state index contributed by atoms with van der Waals surface area (Å²) < 4.78 is 5.75. The van der Waals surface area contributed by atoms with Crippen LogP contribution in [0.5, 0.6) is 5.75 Å². The van der Waals surface area contributed by atoms with E-state index < -0.39 is 5.97 Å². The number of ether oxygens (including phenoxy) is 1. The summed E-state index contributed by atoms with van der Waals surface area (Å²) in [4.78, 5) is 15.3. The van der Waals surface area contributed by atoms with E-state index in [-0.39, 0.29) is 41.9 Å². The molecular weight excluding hydrogens is 408 g/mol. The Kier molecular flexibility index (Phi) is 8.10. The summed E-state index contributed by atoms with van der Waals surface area (Å²) in [5.74, 6) is -0.758. The van der Waals surface area contributed by atoms with Crippen molar-refractivity contribution < 1.29 is 44.2 Å². The minimum atomic E-state index is -1.33. The van der Waals surface area contributed by atoms with E-state index in [2.05, 4.69) is 11.6 Å². The summed E-state index contributed by atoms with van der Waals surface area (Å²) >= 11 is 12.0. The summed E-state index contributed by atoms with van der Waals surface area (Å²) in [6.45, 7) is 3.77. The summed E-state index contributed by atoms with van der Waals surface area (Å²) in [6.07, 6.45) is 0. The van der Waals surface area contributed by atoms with Crippen LogP contribution in [0.2, 0.25) is 5.02 Å². The molecule has 0 aliphatic rings. The fourth-order valence-electron chi connectivity index (χ4n) is 2.63. The molecule has 7 heteroatoms. The average molecular weight is 422 g/mol. The number of benzene rings is 2. The van der Waals surface area contributed by atoms with Crippen LogP contribution >= 0.6 is 23.2 Å². The SMILES string of the molecule is C=C(Cl)COc1ccc(Cl)cc1-c1ccccc1-c1cccc(C(=O)[O-])n1.[Na+]. The molecule has 0 aliphatic heterocycles. The molecule has 3 rings (SSSR count). The van der Waals surface area contributed by atoms with Gasteiger partial charge in [0.15, 0.2) is 0 Å². The third-order valence-corrected chi connectivity index (χ3v) is 4.12. The number of aromatic carboxylic acids is 1. The van der Waals surface area contributed by atoms with Gasteiger partial charge in [0.2, 0.25) is 0 Å². The van der Waals surface area contributed by atoms with Crippen LogP contribution in [0.3, 0.4) is 0 Å². The largest absolute Gasteiger partial charge is 1.00 e. The molecule has 0 spiro atoms. The van der Waals surface area contributed by atoms with E-state index in [0.29, 0.717) is 21.5 Å². The zero-order valence-electron chi connectivity index (χ0n) is 15.1. The van der Waals surface area contributed by atoms with E-state index in [1.165, 1.54) is 6.07 Å². The quantitative estimate of drug-likeness (QED) is 0.566. The van der Waals surface area contributed by atoms with Crippen molar-refractivity contribution in [1.82, 2.24) is 4.98 Å². The van der Waals surface area contributed by atoms with Gasteiger partial charge in [0.25, 0.3) is 0 Å². The fourth-order valence-corrected chi connectivity index (χ4v) is 2.86. The molecule has 1 aromatic heterocycles. The first-order valence-electron chi connectivity index (χ1n) is 7.99. The molecule has 0 saturated carbocycles. The number of halogens is 2. The molecule has 0 N–H and O–H groups in total. The molecule has 1 heterocycles. The van der Waals surface area contributed by atoms with Gasteiger partial charge in [0.1, 0.15) is 12.4 Å². The monoisotopic (exact) mass is 421 g/mol. The number of carbonyl (C=O) groups is 1. The molecular formula is C21H14Cl2NNaO3.